The smallest absolute Gasteiger partial charge is 0.264 e. The average molecular weight is 461 g/mol. The molecule has 8 heteroatoms. The molecule has 7 nitrogen and oxygen atoms in total. The van der Waals surface area contributed by atoms with E-state index in [-0.39, 0.29) is 11.2 Å². The summed E-state index contributed by atoms with van der Waals surface area (Å²) in [6.07, 6.45) is 0.370. The van der Waals surface area contributed by atoms with Gasteiger partial charge in [-0.2, -0.15) is 8.42 Å². The molecule has 0 fully saturated rings. The van der Waals surface area contributed by atoms with Gasteiger partial charge in [-0.3, -0.25) is 14.4 Å². The molecule has 0 unspecified atom stereocenters. The molecular formula is C24H32N2O5S. The minimum Gasteiger partial charge on any atom is -0.478 e. The van der Waals surface area contributed by atoms with Gasteiger partial charge in [0.15, 0.2) is 0 Å². The van der Waals surface area contributed by atoms with E-state index in [0.29, 0.717) is 33.0 Å². The van der Waals surface area contributed by atoms with Crippen LogP contribution in [0.1, 0.15) is 49.4 Å². The first-order valence-corrected chi connectivity index (χ1v) is 12.7. The maximum Gasteiger partial charge on any atom is 0.264 e. The van der Waals surface area contributed by atoms with Gasteiger partial charge >= 0.3 is 0 Å². The van der Waals surface area contributed by atoms with E-state index in [1.54, 1.807) is 0 Å². The van der Waals surface area contributed by atoms with Gasteiger partial charge < -0.3 is 9.47 Å². The van der Waals surface area contributed by atoms with Crippen molar-refractivity contribution in [3.63, 3.8) is 0 Å². The Morgan fingerprint density at radius 1 is 0.938 bits per heavy atom. The molecule has 0 bridgehead atoms. The molecule has 2 aromatic carbocycles. The number of hydrogen-bond acceptors (Lipinski definition) is 6. The molecule has 4 rings (SSSR count). The summed E-state index contributed by atoms with van der Waals surface area (Å²) in [6.45, 7) is 10.7. The summed E-state index contributed by atoms with van der Waals surface area (Å²) in [5, 5.41) is 0. The van der Waals surface area contributed by atoms with Gasteiger partial charge in [0, 0.05) is 36.2 Å². The first-order valence-electron chi connectivity index (χ1n) is 11.1. The van der Waals surface area contributed by atoms with Crippen LogP contribution in [0.3, 0.4) is 0 Å². The van der Waals surface area contributed by atoms with Crippen LogP contribution in [0.4, 0.5) is 0 Å². The van der Waals surface area contributed by atoms with Gasteiger partial charge in [-0.1, -0.05) is 32.9 Å². The summed E-state index contributed by atoms with van der Waals surface area (Å²) >= 11 is 0. The van der Waals surface area contributed by atoms with Gasteiger partial charge in [0.2, 0.25) is 0 Å². The first kappa shape index (κ1) is 23.0. The zero-order valence-electron chi connectivity index (χ0n) is 19.0. The highest BCUT2D eigenvalue weighted by Gasteiger charge is 2.28. The second kappa shape index (κ2) is 9.02. The van der Waals surface area contributed by atoms with E-state index >= 15 is 0 Å². The standard InChI is InChI=1S/C24H32N2O5S/c1-4-25-14-18-12-20(6-8-22(18)30-16-25)24(2,3)21-7-9-23-19(13-21)15-26(17-31-23)10-5-11-32(27,28)29/h6-9,12-13H,4-5,10-11,14-17H2,1-3H3,(H,27,28,29). The van der Waals surface area contributed by atoms with E-state index in [2.05, 4.69) is 60.9 Å². The van der Waals surface area contributed by atoms with Crippen LogP contribution in [0, 0.1) is 0 Å². The third-order valence-corrected chi connectivity index (χ3v) is 7.29. The summed E-state index contributed by atoms with van der Waals surface area (Å²) in [5.74, 6) is 1.60. The van der Waals surface area contributed by atoms with E-state index in [1.165, 1.54) is 16.7 Å². The number of benzene rings is 2. The molecule has 0 atom stereocenters. The highest BCUT2D eigenvalue weighted by molar-refractivity contribution is 7.85. The molecule has 32 heavy (non-hydrogen) atoms. The Morgan fingerprint density at radius 3 is 2.00 bits per heavy atom. The van der Waals surface area contributed by atoms with Crippen molar-refractivity contribution in [3.8, 4) is 11.5 Å². The molecule has 0 saturated carbocycles. The summed E-state index contributed by atoms with van der Waals surface area (Å²) < 4.78 is 42.7. The van der Waals surface area contributed by atoms with Crippen molar-refractivity contribution >= 4 is 10.1 Å². The third-order valence-electron chi connectivity index (χ3n) is 6.48. The van der Waals surface area contributed by atoms with Crippen LogP contribution in [0.15, 0.2) is 36.4 Å². The topological polar surface area (TPSA) is 79.3 Å². The van der Waals surface area contributed by atoms with Crippen LogP contribution in [-0.2, 0) is 28.6 Å². The fourth-order valence-electron chi connectivity index (χ4n) is 4.34. The second-order valence-electron chi connectivity index (χ2n) is 9.15. The Morgan fingerprint density at radius 2 is 1.47 bits per heavy atom. The molecule has 2 heterocycles. The van der Waals surface area contributed by atoms with E-state index in [9.17, 15) is 8.42 Å². The highest BCUT2D eigenvalue weighted by Crippen LogP contribution is 2.38. The van der Waals surface area contributed by atoms with Crippen LogP contribution < -0.4 is 9.47 Å². The molecule has 1 N–H and O–H groups in total. The fourth-order valence-corrected chi connectivity index (χ4v) is 4.84. The van der Waals surface area contributed by atoms with Crippen molar-refractivity contribution in [1.29, 1.82) is 0 Å². The zero-order chi connectivity index (χ0) is 22.9. The van der Waals surface area contributed by atoms with E-state index in [4.69, 9.17) is 14.0 Å². The molecule has 2 aromatic rings. The Bertz CT molecular complexity index is 1080. The zero-order valence-corrected chi connectivity index (χ0v) is 19.8. The van der Waals surface area contributed by atoms with Crippen LogP contribution in [-0.4, -0.2) is 55.1 Å². The number of fused-ring (bicyclic) bond motifs is 2. The van der Waals surface area contributed by atoms with Crippen molar-refractivity contribution in [2.75, 3.05) is 32.3 Å². The van der Waals surface area contributed by atoms with Gasteiger partial charge in [-0.15, -0.1) is 0 Å². The van der Waals surface area contributed by atoms with Crippen molar-refractivity contribution in [2.45, 2.75) is 45.7 Å². The Balaban J connectivity index is 1.52. The average Bonchev–Trinajstić information content (AvgIpc) is 2.77. The molecule has 0 saturated heterocycles. The quantitative estimate of drug-likeness (QED) is 0.632. The molecule has 2 aliphatic heterocycles. The number of rotatable bonds is 7. The van der Waals surface area contributed by atoms with Crippen molar-refractivity contribution < 1.29 is 22.4 Å². The summed E-state index contributed by atoms with van der Waals surface area (Å²) in [4.78, 5) is 4.33. The lowest BCUT2D eigenvalue weighted by atomic mass is 9.77. The number of nitrogens with zero attached hydrogens (tertiary/aromatic N) is 2. The lowest BCUT2D eigenvalue weighted by molar-refractivity contribution is 0.0954. The molecule has 0 radical (unpaired) electrons. The molecule has 174 valence electrons. The Hall–Kier alpha value is -2.13. The van der Waals surface area contributed by atoms with Crippen molar-refractivity contribution in [3.05, 3.63) is 58.7 Å². The van der Waals surface area contributed by atoms with E-state index in [1.807, 2.05) is 6.07 Å². The molecule has 2 aliphatic rings. The van der Waals surface area contributed by atoms with Gasteiger partial charge in [-0.05, 0) is 48.4 Å². The molecule has 0 aromatic heterocycles. The Kier molecular flexibility index (Phi) is 6.49. The maximum absolute atomic E-state index is 11.0. The predicted octanol–water partition coefficient (Wildman–Crippen LogP) is 3.61. The van der Waals surface area contributed by atoms with E-state index < -0.39 is 10.1 Å². The molecule has 0 amide bonds. The van der Waals surface area contributed by atoms with Crippen molar-refractivity contribution in [1.82, 2.24) is 9.80 Å². The van der Waals surface area contributed by atoms with Gasteiger partial charge in [0.1, 0.15) is 25.0 Å². The summed E-state index contributed by atoms with van der Waals surface area (Å²) in [5.41, 5.74) is 4.54. The molecule has 0 spiro atoms. The van der Waals surface area contributed by atoms with Gasteiger partial charge in [0.25, 0.3) is 10.1 Å². The minimum atomic E-state index is -3.93. The van der Waals surface area contributed by atoms with Crippen LogP contribution in [0.2, 0.25) is 0 Å². The lowest BCUT2D eigenvalue weighted by Gasteiger charge is -2.33. The number of hydrogen-bond donors (Lipinski definition) is 1. The maximum atomic E-state index is 11.0. The summed E-state index contributed by atoms with van der Waals surface area (Å²) in [7, 11) is -3.93. The normalized spacial score (nSPS) is 17.2. The van der Waals surface area contributed by atoms with Crippen LogP contribution in [0.25, 0.3) is 0 Å². The lowest BCUT2D eigenvalue weighted by Crippen LogP contribution is -2.34. The monoisotopic (exact) mass is 460 g/mol. The van der Waals surface area contributed by atoms with Crippen LogP contribution >= 0.6 is 0 Å². The second-order valence-corrected chi connectivity index (χ2v) is 10.7. The largest absolute Gasteiger partial charge is 0.478 e. The number of ether oxygens (including phenoxy) is 2. The van der Waals surface area contributed by atoms with Crippen molar-refractivity contribution in [2.24, 2.45) is 0 Å². The SMILES string of the molecule is CCN1COc2ccc(C(C)(C)c3ccc4c(c3)CN(CCCS(=O)(=O)O)CO4)cc2C1. The predicted molar refractivity (Wildman–Crippen MR) is 124 cm³/mol. The molecular weight excluding hydrogens is 428 g/mol. The molecule has 0 aliphatic carbocycles. The minimum absolute atomic E-state index is 0.203. The van der Waals surface area contributed by atoms with Gasteiger partial charge in [-0.25, -0.2) is 0 Å². The van der Waals surface area contributed by atoms with Gasteiger partial charge in [0.05, 0.1) is 5.75 Å². The first-order chi connectivity index (χ1) is 15.2. The van der Waals surface area contributed by atoms with E-state index in [0.717, 1.165) is 30.2 Å². The Labute approximate surface area is 190 Å². The third kappa shape index (κ3) is 5.09. The fraction of sp³-hybridized carbons (Fsp3) is 0.500. The van der Waals surface area contributed by atoms with Crippen LogP contribution in [0.5, 0.6) is 11.5 Å². The summed E-state index contributed by atoms with van der Waals surface area (Å²) in [6, 6.07) is 12.8. The highest BCUT2D eigenvalue weighted by atomic mass is 32.2.